The molecule has 29 heavy (non-hydrogen) atoms. The summed E-state index contributed by atoms with van der Waals surface area (Å²) in [6.07, 6.45) is 17.3. The molecule has 5 nitrogen and oxygen atoms in total. The van der Waals surface area contributed by atoms with Crippen LogP contribution >= 0.6 is 0 Å². The van der Waals surface area contributed by atoms with Gasteiger partial charge in [-0.3, -0.25) is 9.48 Å². The second-order valence-corrected chi connectivity index (χ2v) is 9.47. The van der Waals surface area contributed by atoms with Crippen LogP contribution in [-0.4, -0.2) is 27.1 Å². The lowest BCUT2D eigenvalue weighted by molar-refractivity contribution is -0.129. The minimum Gasteiger partial charge on any atom is -0.342 e. The molecule has 0 radical (unpaired) electrons. The molecule has 0 aromatic carbocycles. The molecule has 1 N–H and O–H groups in total. The minimum atomic E-state index is 0.163. The number of amides is 1. The van der Waals surface area contributed by atoms with Crippen molar-refractivity contribution in [1.82, 2.24) is 14.7 Å². The highest BCUT2D eigenvalue weighted by Gasteiger charge is 2.30. The largest absolute Gasteiger partial charge is 0.342 e. The first-order valence-electron chi connectivity index (χ1n) is 11.7. The Kier molecular flexibility index (Phi) is 5.23. The number of nitrogens with one attached hydrogen (secondary N) is 1. The highest BCUT2D eigenvalue weighted by atomic mass is 16.2. The predicted octanol–water partition coefficient (Wildman–Crippen LogP) is 4.79. The molecule has 0 unspecified atom stereocenters. The molecule has 0 atom stereocenters. The van der Waals surface area contributed by atoms with Crippen LogP contribution in [0.4, 0.5) is 5.82 Å². The Labute approximate surface area is 174 Å². The third-order valence-corrected chi connectivity index (χ3v) is 7.25. The Hall–Kier alpha value is -2.04. The number of fused-ring (bicyclic) bond motifs is 1. The zero-order chi connectivity index (χ0) is 19.8. The zero-order valence-corrected chi connectivity index (χ0v) is 17.8. The topological polar surface area (TPSA) is 50.2 Å². The van der Waals surface area contributed by atoms with Crippen LogP contribution in [0.3, 0.4) is 0 Å². The molecule has 5 heteroatoms. The Bertz CT molecular complexity index is 839. The van der Waals surface area contributed by atoms with E-state index in [2.05, 4.69) is 22.2 Å². The molecule has 1 aromatic rings. The molecule has 0 bridgehead atoms. The number of anilines is 1. The normalized spacial score (nSPS) is 22.7. The van der Waals surface area contributed by atoms with E-state index in [9.17, 15) is 4.79 Å². The number of aromatic nitrogens is 2. The average molecular weight is 395 g/mol. The van der Waals surface area contributed by atoms with Gasteiger partial charge in [0.25, 0.3) is 0 Å². The van der Waals surface area contributed by atoms with Gasteiger partial charge in [0.2, 0.25) is 5.91 Å². The number of hydrogen-bond acceptors (Lipinski definition) is 3. The van der Waals surface area contributed by atoms with Crippen molar-refractivity contribution in [3.63, 3.8) is 0 Å². The lowest BCUT2D eigenvalue weighted by Gasteiger charge is -2.28. The maximum atomic E-state index is 12.0. The molecule has 0 spiro atoms. The SMILES string of the molecule is CC(=O)N1CCc2c(c(NC3=CCC=C(C4CCCCC4)C3)nn2CC2CC2)C1. The first-order chi connectivity index (χ1) is 14.2. The van der Waals surface area contributed by atoms with E-state index in [1.165, 1.54) is 61.9 Å². The van der Waals surface area contributed by atoms with Crippen molar-refractivity contribution >= 4 is 11.7 Å². The van der Waals surface area contributed by atoms with Gasteiger partial charge in [-0.05, 0) is 43.9 Å². The monoisotopic (exact) mass is 394 g/mol. The molecule has 5 rings (SSSR count). The van der Waals surface area contributed by atoms with Gasteiger partial charge in [-0.25, -0.2) is 0 Å². The molecule has 156 valence electrons. The average Bonchev–Trinajstić information content (AvgIpc) is 3.51. The summed E-state index contributed by atoms with van der Waals surface area (Å²) >= 11 is 0. The van der Waals surface area contributed by atoms with Gasteiger partial charge in [-0.15, -0.1) is 0 Å². The molecule has 0 saturated heterocycles. The number of carbonyl (C=O) groups is 1. The van der Waals surface area contributed by atoms with Gasteiger partial charge in [0.1, 0.15) is 0 Å². The quantitative estimate of drug-likeness (QED) is 0.730. The molecule has 2 heterocycles. The fraction of sp³-hybridized carbons (Fsp3) is 0.667. The minimum absolute atomic E-state index is 0.163. The summed E-state index contributed by atoms with van der Waals surface area (Å²) in [7, 11) is 0. The van der Waals surface area contributed by atoms with Gasteiger partial charge in [0.15, 0.2) is 5.82 Å². The van der Waals surface area contributed by atoms with Crippen molar-refractivity contribution in [2.75, 3.05) is 11.9 Å². The number of nitrogens with zero attached hydrogens (tertiary/aromatic N) is 3. The maximum absolute atomic E-state index is 12.0. The third-order valence-electron chi connectivity index (χ3n) is 7.25. The Balaban J connectivity index is 1.34. The lowest BCUT2D eigenvalue weighted by atomic mass is 9.80. The second-order valence-electron chi connectivity index (χ2n) is 9.47. The van der Waals surface area contributed by atoms with Crippen LogP contribution in [0.2, 0.25) is 0 Å². The predicted molar refractivity (Wildman–Crippen MR) is 115 cm³/mol. The van der Waals surface area contributed by atoms with Crippen molar-refractivity contribution in [3.8, 4) is 0 Å². The van der Waals surface area contributed by atoms with Crippen molar-refractivity contribution in [2.24, 2.45) is 11.8 Å². The van der Waals surface area contributed by atoms with Crippen LogP contribution in [0, 0.1) is 11.8 Å². The Morgan fingerprint density at radius 3 is 2.76 bits per heavy atom. The van der Waals surface area contributed by atoms with Crippen molar-refractivity contribution in [1.29, 1.82) is 0 Å². The van der Waals surface area contributed by atoms with Crippen molar-refractivity contribution < 1.29 is 4.79 Å². The number of carbonyl (C=O) groups excluding carboxylic acids is 1. The van der Waals surface area contributed by atoms with Crippen LogP contribution in [-0.2, 0) is 24.3 Å². The van der Waals surface area contributed by atoms with Gasteiger partial charge < -0.3 is 10.2 Å². The van der Waals surface area contributed by atoms with E-state index >= 15 is 0 Å². The molecule has 1 aliphatic heterocycles. The van der Waals surface area contributed by atoms with Gasteiger partial charge in [-0.1, -0.05) is 37.0 Å². The van der Waals surface area contributed by atoms with Crippen molar-refractivity contribution in [3.05, 3.63) is 34.7 Å². The molecule has 2 fully saturated rings. The molecule has 4 aliphatic rings. The second kappa shape index (κ2) is 8.00. The Morgan fingerprint density at radius 2 is 2.00 bits per heavy atom. The highest BCUT2D eigenvalue weighted by molar-refractivity contribution is 5.74. The standard InChI is InChI=1S/C24H34N4O/c1-17(29)27-13-12-23-22(16-27)24(26-28(23)15-18-10-11-18)25-21-9-5-8-20(14-21)19-6-3-2-4-7-19/h8-9,18-19H,2-7,10-16H2,1H3,(H,25,26). The van der Waals surface area contributed by atoms with Gasteiger partial charge >= 0.3 is 0 Å². The maximum Gasteiger partial charge on any atom is 0.219 e. The smallest absolute Gasteiger partial charge is 0.219 e. The van der Waals surface area contributed by atoms with Crippen LogP contribution in [0.5, 0.6) is 0 Å². The summed E-state index contributed by atoms with van der Waals surface area (Å²) in [4.78, 5) is 13.9. The van der Waals surface area contributed by atoms with E-state index in [0.717, 1.165) is 50.0 Å². The van der Waals surface area contributed by atoms with E-state index in [1.54, 1.807) is 12.5 Å². The van der Waals surface area contributed by atoms with E-state index in [0.29, 0.717) is 6.54 Å². The van der Waals surface area contributed by atoms with Crippen LogP contribution in [0.15, 0.2) is 23.4 Å². The lowest BCUT2D eigenvalue weighted by Crippen LogP contribution is -2.34. The molecule has 3 aliphatic carbocycles. The summed E-state index contributed by atoms with van der Waals surface area (Å²) < 4.78 is 2.24. The van der Waals surface area contributed by atoms with Gasteiger partial charge in [0, 0.05) is 49.8 Å². The number of allylic oxidation sites excluding steroid dienone is 3. The first kappa shape index (κ1) is 19.0. The van der Waals surface area contributed by atoms with E-state index < -0.39 is 0 Å². The van der Waals surface area contributed by atoms with Crippen molar-refractivity contribution in [2.45, 2.75) is 84.2 Å². The molecule has 2 saturated carbocycles. The van der Waals surface area contributed by atoms with Crippen LogP contribution in [0.1, 0.15) is 76.0 Å². The third kappa shape index (κ3) is 4.15. The molecular weight excluding hydrogens is 360 g/mol. The van der Waals surface area contributed by atoms with E-state index in [1.807, 2.05) is 4.90 Å². The highest BCUT2D eigenvalue weighted by Crippen LogP contribution is 2.37. The summed E-state index contributed by atoms with van der Waals surface area (Å²) in [6, 6.07) is 0. The summed E-state index contributed by atoms with van der Waals surface area (Å²) in [5, 5.41) is 8.71. The molecule has 1 amide bonds. The summed E-state index contributed by atoms with van der Waals surface area (Å²) in [6.45, 7) is 4.22. The zero-order valence-electron chi connectivity index (χ0n) is 17.8. The van der Waals surface area contributed by atoms with E-state index in [4.69, 9.17) is 5.10 Å². The summed E-state index contributed by atoms with van der Waals surface area (Å²) in [5.41, 5.74) is 5.51. The first-order valence-corrected chi connectivity index (χ1v) is 11.7. The summed E-state index contributed by atoms with van der Waals surface area (Å²) in [5.74, 6) is 2.73. The number of hydrogen-bond donors (Lipinski definition) is 1. The molecule has 1 aromatic heterocycles. The fourth-order valence-corrected chi connectivity index (χ4v) is 5.30. The number of rotatable bonds is 5. The van der Waals surface area contributed by atoms with Crippen LogP contribution < -0.4 is 5.32 Å². The van der Waals surface area contributed by atoms with Crippen LogP contribution in [0.25, 0.3) is 0 Å². The molecular formula is C24H34N4O. The Morgan fingerprint density at radius 1 is 1.17 bits per heavy atom. The van der Waals surface area contributed by atoms with Gasteiger partial charge in [0.05, 0.1) is 6.54 Å². The van der Waals surface area contributed by atoms with Gasteiger partial charge in [-0.2, -0.15) is 5.10 Å². The fourth-order valence-electron chi connectivity index (χ4n) is 5.30. The van der Waals surface area contributed by atoms with E-state index in [-0.39, 0.29) is 5.91 Å².